The van der Waals surface area contributed by atoms with Gasteiger partial charge in [0.05, 0.1) is 30.2 Å². The highest BCUT2D eigenvalue weighted by Gasteiger charge is 2.27. The van der Waals surface area contributed by atoms with Crippen LogP contribution in [0.15, 0.2) is 48.8 Å². The topological polar surface area (TPSA) is 99.2 Å². The highest BCUT2D eigenvalue weighted by molar-refractivity contribution is 5.85. The number of aldehydes is 1. The third kappa shape index (κ3) is 3.86. The Labute approximate surface area is 208 Å². The lowest BCUT2D eigenvalue weighted by molar-refractivity contribution is 0.112. The maximum absolute atomic E-state index is 11.5. The van der Waals surface area contributed by atoms with E-state index >= 15 is 0 Å². The second-order valence-corrected chi connectivity index (χ2v) is 9.36. The summed E-state index contributed by atoms with van der Waals surface area (Å²) in [4.78, 5) is 30.0. The zero-order valence-electron chi connectivity index (χ0n) is 20.5. The van der Waals surface area contributed by atoms with Crippen LogP contribution in [0.25, 0.3) is 28.1 Å². The van der Waals surface area contributed by atoms with Gasteiger partial charge in [-0.1, -0.05) is 0 Å². The average Bonchev–Trinajstić information content (AvgIpc) is 3.57. The molecule has 36 heavy (non-hydrogen) atoms. The largest absolute Gasteiger partial charge is 0.482 e. The molecule has 0 bridgehead atoms. The summed E-state index contributed by atoms with van der Waals surface area (Å²) in [5, 5.41) is 4.40. The molecule has 5 heterocycles. The van der Waals surface area contributed by atoms with Gasteiger partial charge in [0.25, 0.3) is 0 Å². The van der Waals surface area contributed by atoms with Crippen molar-refractivity contribution in [1.29, 1.82) is 0 Å². The van der Waals surface area contributed by atoms with Crippen LogP contribution in [0.2, 0.25) is 0 Å². The Bertz CT molecular complexity index is 1580. The molecule has 1 aliphatic rings. The predicted molar refractivity (Wildman–Crippen MR) is 137 cm³/mol. The van der Waals surface area contributed by atoms with Crippen LogP contribution in [0, 0.1) is 12.8 Å². The molecule has 0 spiro atoms. The lowest BCUT2D eigenvalue weighted by Gasteiger charge is -2.14. The molecule has 5 aromatic heterocycles. The Balaban J connectivity index is 1.48. The number of hydrogen-bond acceptors (Lipinski definition) is 7. The van der Waals surface area contributed by atoms with E-state index in [0.29, 0.717) is 29.0 Å². The number of carbonyl (C=O) groups excluding carboxylic acids is 1. The molecule has 5 aromatic rings. The van der Waals surface area contributed by atoms with Gasteiger partial charge in [0, 0.05) is 36.0 Å². The van der Waals surface area contributed by atoms with Gasteiger partial charge in [-0.25, -0.2) is 19.9 Å². The van der Waals surface area contributed by atoms with Gasteiger partial charge in [-0.05, 0) is 62.9 Å². The van der Waals surface area contributed by atoms with Crippen LogP contribution < -0.4 is 10.1 Å². The molecule has 1 N–H and O–H groups in total. The van der Waals surface area contributed by atoms with Crippen LogP contribution in [-0.2, 0) is 6.54 Å². The van der Waals surface area contributed by atoms with E-state index in [9.17, 15) is 4.79 Å². The Hall–Kier alpha value is -4.27. The number of hydrogen-bond donors (Lipinski definition) is 1. The molecule has 0 aromatic carbocycles. The maximum Gasteiger partial charge on any atom is 0.223 e. The Morgan fingerprint density at radius 1 is 1.17 bits per heavy atom. The van der Waals surface area contributed by atoms with E-state index in [1.807, 2.05) is 17.4 Å². The standard InChI is InChI=1S/C27H27N7O2/c1-16(30-27-28-9-4-10-29-27)21-8-7-20-13-22(33(26(20)31-21)14-18-5-6-18)25-17(2)34-23(32-25)11-19(15-35)12-24(34)36-3/h4,7-13,15-16,18H,5-6,14H2,1-3H3,(H,28,29,30)/t16-/m1/s1. The molecule has 0 unspecified atom stereocenters. The van der Waals surface area contributed by atoms with Crippen molar-refractivity contribution in [2.45, 2.75) is 39.3 Å². The van der Waals surface area contributed by atoms with E-state index in [1.54, 1.807) is 37.7 Å². The zero-order valence-corrected chi connectivity index (χ0v) is 20.5. The summed E-state index contributed by atoms with van der Waals surface area (Å²) in [7, 11) is 1.60. The molecule has 0 radical (unpaired) electrons. The fourth-order valence-corrected chi connectivity index (χ4v) is 4.72. The Kier molecular flexibility index (Phi) is 5.40. The second-order valence-electron chi connectivity index (χ2n) is 9.36. The van der Waals surface area contributed by atoms with E-state index in [0.717, 1.165) is 46.6 Å². The number of ether oxygens (including phenoxy) is 1. The normalized spacial score (nSPS) is 14.3. The molecular formula is C27H27N7O2. The number of nitrogens with zero attached hydrogens (tertiary/aromatic N) is 6. The van der Waals surface area contributed by atoms with Gasteiger partial charge in [0.1, 0.15) is 23.3 Å². The second kappa shape index (κ2) is 8.75. The molecule has 0 aliphatic heterocycles. The lowest BCUT2D eigenvalue weighted by atomic mass is 10.2. The van der Waals surface area contributed by atoms with Crippen LogP contribution in [0.5, 0.6) is 5.88 Å². The Morgan fingerprint density at radius 3 is 2.69 bits per heavy atom. The minimum absolute atomic E-state index is 0.0625. The minimum atomic E-state index is -0.0625. The van der Waals surface area contributed by atoms with Crippen molar-refractivity contribution in [2.24, 2.45) is 5.92 Å². The van der Waals surface area contributed by atoms with Crippen LogP contribution in [-0.4, -0.2) is 42.3 Å². The number of fused-ring (bicyclic) bond motifs is 2. The third-order valence-electron chi connectivity index (χ3n) is 6.79. The molecule has 1 saturated carbocycles. The predicted octanol–water partition coefficient (Wildman–Crippen LogP) is 4.85. The first-order valence-corrected chi connectivity index (χ1v) is 12.1. The summed E-state index contributed by atoms with van der Waals surface area (Å²) in [6.07, 6.45) is 6.70. The zero-order chi connectivity index (χ0) is 24.8. The van der Waals surface area contributed by atoms with Gasteiger partial charge in [0.2, 0.25) is 5.95 Å². The van der Waals surface area contributed by atoms with Gasteiger partial charge in [-0.3, -0.25) is 9.20 Å². The summed E-state index contributed by atoms with van der Waals surface area (Å²) in [6, 6.07) is 11.6. The van der Waals surface area contributed by atoms with Crippen LogP contribution >= 0.6 is 0 Å². The molecule has 182 valence electrons. The lowest BCUT2D eigenvalue weighted by Crippen LogP contribution is -2.11. The van der Waals surface area contributed by atoms with Gasteiger partial charge >= 0.3 is 0 Å². The van der Waals surface area contributed by atoms with E-state index in [-0.39, 0.29) is 6.04 Å². The number of nitrogens with one attached hydrogen (secondary N) is 1. The van der Waals surface area contributed by atoms with Crippen molar-refractivity contribution < 1.29 is 9.53 Å². The SMILES string of the molecule is COc1cc(C=O)cc2nc(-c3cc4ccc([C@@H](C)Nc5ncccn5)nc4n3CC3CC3)c(C)n12. The van der Waals surface area contributed by atoms with Crippen LogP contribution in [0.4, 0.5) is 5.95 Å². The average molecular weight is 482 g/mol. The smallest absolute Gasteiger partial charge is 0.223 e. The number of imidazole rings is 1. The van der Waals surface area contributed by atoms with Crippen molar-refractivity contribution >= 4 is 28.9 Å². The summed E-state index contributed by atoms with van der Waals surface area (Å²) in [5.74, 6) is 1.80. The van der Waals surface area contributed by atoms with Gasteiger partial charge in [-0.15, -0.1) is 0 Å². The van der Waals surface area contributed by atoms with Gasteiger partial charge in [0.15, 0.2) is 5.88 Å². The number of anilines is 1. The van der Waals surface area contributed by atoms with Crippen LogP contribution in [0.1, 0.15) is 47.6 Å². The minimum Gasteiger partial charge on any atom is -0.482 e. The molecule has 9 heteroatoms. The maximum atomic E-state index is 11.5. The van der Waals surface area contributed by atoms with E-state index < -0.39 is 0 Å². The summed E-state index contributed by atoms with van der Waals surface area (Å²) < 4.78 is 9.83. The van der Waals surface area contributed by atoms with Crippen LogP contribution in [0.3, 0.4) is 0 Å². The highest BCUT2D eigenvalue weighted by atomic mass is 16.5. The molecule has 6 rings (SSSR count). The summed E-state index contributed by atoms with van der Waals surface area (Å²) in [6.45, 7) is 4.98. The number of methoxy groups -OCH3 is 1. The number of carbonyl (C=O) groups is 1. The molecule has 1 aliphatic carbocycles. The fraction of sp³-hybridized carbons (Fsp3) is 0.296. The number of pyridine rings is 2. The number of aryl methyl sites for hydroxylation is 1. The highest BCUT2D eigenvalue weighted by Crippen LogP contribution is 2.37. The summed E-state index contributed by atoms with van der Waals surface area (Å²) >= 11 is 0. The fourth-order valence-electron chi connectivity index (χ4n) is 4.72. The van der Waals surface area contributed by atoms with Gasteiger partial charge < -0.3 is 14.6 Å². The van der Waals surface area contributed by atoms with Crippen molar-refractivity contribution in [2.75, 3.05) is 12.4 Å². The van der Waals surface area contributed by atoms with E-state index in [2.05, 4.69) is 38.9 Å². The Morgan fingerprint density at radius 2 is 1.97 bits per heavy atom. The first-order valence-electron chi connectivity index (χ1n) is 12.1. The number of aromatic nitrogens is 6. The van der Waals surface area contributed by atoms with Crippen molar-refractivity contribution in [3.8, 4) is 17.3 Å². The molecule has 9 nitrogen and oxygen atoms in total. The molecule has 1 atom stereocenters. The molecule has 1 fully saturated rings. The first kappa shape index (κ1) is 22.2. The monoisotopic (exact) mass is 481 g/mol. The first-order chi connectivity index (χ1) is 17.6. The quantitative estimate of drug-likeness (QED) is 0.316. The van der Waals surface area contributed by atoms with Gasteiger partial charge in [-0.2, -0.15) is 0 Å². The van der Waals surface area contributed by atoms with Crippen molar-refractivity contribution in [3.05, 3.63) is 65.7 Å². The van der Waals surface area contributed by atoms with Crippen molar-refractivity contribution in [3.63, 3.8) is 0 Å². The molecule has 0 saturated heterocycles. The molecular weight excluding hydrogens is 454 g/mol. The van der Waals surface area contributed by atoms with E-state index in [1.165, 1.54) is 12.8 Å². The molecule has 0 amide bonds. The third-order valence-corrected chi connectivity index (χ3v) is 6.79. The van der Waals surface area contributed by atoms with Crippen molar-refractivity contribution in [1.82, 2.24) is 28.9 Å². The number of rotatable bonds is 8. The van der Waals surface area contributed by atoms with E-state index in [4.69, 9.17) is 14.7 Å². The summed E-state index contributed by atoms with van der Waals surface area (Å²) in [5.41, 5.74) is 5.90.